The van der Waals surface area contributed by atoms with E-state index in [0.717, 1.165) is 28.0 Å². The van der Waals surface area contributed by atoms with Crippen LogP contribution >= 0.6 is 11.3 Å². The number of aromatic carboxylic acids is 1. The third-order valence-electron chi connectivity index (χ3n) is 2.54. The molecular formula is C13H10N2O2S. The van der Waals surface area contributed by atoms with Crippen molar-refractivity contribution in [3.8, 4) is 16.6 Å². The van der Waals surface area contributed by atoms with Gasteiger partial charge in [0.2, 0.25) is 0 Å². The molecule has 90 valence electrons. The number of benzene rings is 1. The van der Waals surface area contributed by atoms with Gasteiger partial charge in [0.25, 0.3) is 0 Å². The normalized spacial score (nSPS) is 10.1. The predicted octanol–water partition coefficient (Wildman–Crippen LogP) is 3.00. The molecule has 1 aromatic heterocycles. The zero-order valence-corrected chi connectivity index (χ0v) is 10.7. The summed E-state index contributed by atoms with van der Waals surface area (Å²) >= 11 is 1.11. The number of hydrogen-bond acceptors (Lipinski definition) is 4. The minimum absolute atomic E-state index is 0.137. The van der Waals surface area contributed by atoms with Crippen molar-refractivity contribution in [2.45, 2.75) is 13.8 Å². The van der Waals surface area contributed by atoms with Crippen LogP contribution in [0.15, 0.2) is 18.2 Å². The Kier molecular flexibility index (Phi) is 3.13. The molecule has 0 amide bonds. The molecule has 0 fully saturated rings. The number of hydrogen-bond donors (Lipinski definition) is 1. The van der Waals surface area contributed by atoms with Crippen molar-refractivity contribution in [3.63, 3.8) is 0 Å². The van der Waals surface area contributed by atoms with E-state index in [1.54, 1.807) is 0 Å². The van der Waals surface area contributed by atoms with Crippen molar-refractivity contribution in [3.05, 3.63) is 39.9 Å². The summed E-state index contributed by atoms with van der Waals surface area (Å²) in [7, 11) is 0. The third-order valence-corrected chi connectivity index (χ3v) is 3.54. The zero-order valence-electron chi connectivity index (χ0n) is 9.89. The average molecular weight is 258 g/mol. The average Bonchev–Trinajstić information content (AvgIpc) is 2.73. The first-order chi connectivity index (χ1) is 8.52. The molecule has 0 aliphatic carbocycles. The van der Waals surface area contributed by atoms with E-state index in [0.29, 0.717) is 5.01 Å². The molecule has 0 unspecified atom stereocenters. The van der Waals surface area contributed by atoms with Crippen LogP contribution in [0.1, 0.15) is 26.5 Å². The molecule has 18 heavy (non-hydrogen) atoms. The van der Waals surface area contributed by atoms with Gasteiger partial charge < -0.3 is 5.11 Å². The molecule has 1 aromatic carbocycles. The highest BCUT2D eigenvalue weighted by molar-refractivity contribution is 7.15. The second kappa shape index (κ2) is 4.59. The smallest absolute Gasteiger partial charge is 0.356 e. The number of nitriles is 1. The SMILES string of the molecule is Cc1ccc(-c2nc(C(=O)O)c(C#N)s2)c(C)c1. The Morgan fingerprint density at radius 2 is 2.17 bits per heavy atom. The van der Waals surface area contributed by atoms with E-state index in [9.17, 15) is 4.79 Å². The summed E-state index contributed by atoms with van der Waals surface area (Å²) in [6.07, 6.45) is 0. The van der Waals surface area contributed by atoms with E-state index >= 15 is 0 Å². The molecule has 0 saturated carbocycles. The summed E-state index contributed by atoms with van der Waals surface area (Å²) < 4.78 is 0. The first-order valence-electron chi connectivity index (χ1n) is 5.24. The molecule has 0 saturated heterocycles. The van der Waals surface area contributed by atoms with Gasteiger partial charge in [0.1, 0.15) is 16.0 Å². The highest BCUT2D eigenvalue weighted by Gasteiger charge is 2.18. The van der Waals surface area contributed by atoms with Crippen molar-refractivity contribution >= 4 is 17.3 Å². The predicted molar refractivity (Wildman–Crippen MR) is 68.7 cm³/mol. The summed E-state index contributed by atoms with van der Waals surface area (Å²) in [5.41, 5.74) is 2.85. The summed E-state index contributed by atoms with van der Waals surface area (Å²) in [5.74, 6) is -1.17. The Bertz CT molecular complexity index is 668. The monoisotopic (exact) mass is 258 g/mol. The molecule has 0 aliphatic heterocycles. The Hall–Kier alpha value is -2.19. The fraction of sp³-hybridized carbons (Fsp3) is 0.154. The summed E-state index contributed by atoms with van der Waals surface area (Å²) in [6.45, 7) is 3.93. The van der Waals surface area contributed by atoms with Crippen molar-refractivity contribution < 1.29 is 9.90 Å². The lowest BCUT2D eigenvalue weighted by Gasteiger charge is -2.02. The first-order valence-corrected chi connectivity index (χ1v) is 6.06. The fourth-order valence-electron chi connectivity index (χ4n) is 1.71. The van der Waals surface area contributed by atoms with Crippen LogP contribution in [0.4, 0.5) is 0 Å². The van der Waals surface area contributed by atoms with Gasteiger partial charge in [-0.1, -0.05) is 23.8 Å². The highest BCUT2D eigenvalue weighted by atomic mass is 32.1. The van der Waals surface area contributed by atoms with Gasteiger partial charge in [-0.15, -0.1) is 11.3 Å². The molecule has 1 N–H and O–H groups in total. The molecule has 0 aliphatic rings. The minimum atomic E-state index is -1.17. The summed E-state index contributed by atoms with van der Waals surface area (Å²) in [4.78, 5) is 15.1. The van der Waals surface area contributed by atoms with Crippen molar-refractivity contribution in [1.82, 2.24) is 4.98 Å². The number of carboxylic acids is 1. The fourth-order valence-corrected chi connectivity index (χ4v) is 2.65. The van der Waals surface area contributed by atoms with E-state index in [1.165, 1.54) is 0 Å². The number of carbonyl (C=O) groups is 1. The van der Waals surface area contributed by atoms with Crippen LogP contribution in [0, 0.1) is 25.2 Å². The van der Waals surface area contributed by atoms with Gasteiger partial charge in [-0.3, -0.25) is 0 Å². The lowest BCUT2D eigenvalue weighted by molar-refractivity contribution is 0.0691. The molecule has 4 nitrogen and oxygen atoms in total. The van der Waals surface area contributed by atoms with E-state index in [-0.39, 0.29) is 10.6 Å². The lowest BCUT2D eigenvalue weighted by Crippen LogP contribution is -1.98. The van der Waals surface area contributed by atoms with Crippen LogP contribution in [0.5, 0.6) is 0 Å². The number of carboxylic acid groups (broad SMARTS) is 1. The van der Waals surface area contributed by atoms with Gasteiger partial charge >= 0.3 is 5.97 Å². The Labute approximate surface area is 108 Å². The molecule has 1 heterocycles. The maximum absolute atomic E-state index is 11.0. The van der Waals surface area contributed by atoms with Crippen molar-refractivity contribution in [2.24, 2.45) is 0 Å². The summed E-state index contributed by atoms with van der Waals surface area (Å²) in [6, 6.07) is 7.72. The molecule has 0 bridgehead atoms. The number of rotatable bonds is 2. The van der Waals surface area contributed by atoms with Crippen LogP contribution in [-0.2, 0) is 0 Å². The first kappa shape index (κ1) is 12.3. The van der Waals surface area contributed by atoms with Crippen LogP contribution < -0.4 is 0 Å². The van der Waals surface area contributed by atoms with Gasteiger partial charge in [0.15, 0.2) is 5.69 Å². The number of aromatic nitrogens is 1. The van der Waals surface area contributed by atoms with Crippen LogP contribution in [-0.4, -0.2) is 16.1 Å². The Morgan fingerprint density at radius 1 is 1.44 bits per heavy atom. The van der Waals surface area contributed by atoms with E-state index < -0.39 is 5.97 Å². The van der Waals surface area contributed by atoms with Gasteiger partial charge in [-0.25, -0.2) is 9.78 Å². The largest absolute Gasteiger partial charge is 0.476 e. The lowest BCUT2D eigenvalue weighted by atomic mass is 10.1. The minimum Gasteiger partial charge on any atom is -0.476 e. The number of nitrogens with zero attached hydrogens (tertiary/aromatic N) is 2. The molecular weight excluding hydrogens is 248 g/mol. The van der Waals surface area contributed by atoms with Crippen molar-refractivity contribution in [1.29, 1.82) is 5.26 Å². The van der Waals surface area contributed by atoms with E-state index in [4.69, 9.17) is 10.4 Å². The molecule has 0 radical (unpaired) electrons. The van der Waals surface area contributed by atoms with Gasteiger partial charge in [-0.2, -0.15) is 5.26 Å². The standard InChI is InChI=1S/C13H10N2O2S/c1-7-3-4-9(8(2)5-7)12-15-11(13(16)17)10(6-14)18-12/h3-5H,1-2H3,(H,16,17). The third kappa shape index (κ3) is 2.11. The molecule has 0 atom stereocenters. The molecule has 2 rings (SSSR count). The zero-order chi connectivity index (χ0) is 13.3. The van der Waals surface area contributed by atoms with E-state index in [1.807, 2.05) is 38.1 Å². The number of aryl methyl sites for hydroxylation is 2. The van der Waals surface area contributed by atoms with Crippen molar-refractivity contribution in [2.75, 3.05) is 0 Å². The van der Waals surface area contributed by atoms with Crippen LogP contribution in [0.3, 0.4) is 0 Å². The summed E-state index contributed by atoms with van der Waals surface area (Å²) in [5, 5.41) is 18.4. The molecule has 5 heteroatoms. The van der Waals surface area contributed by atoms with Gasteiger partial charge in [0, 0.05) is 5.56 Å². The topological polar surface area (TPSA) is 74.0 Å². The van der Waals surface area contributed by atoms with Gasteiger partial charge in [-0.05, 0) is 19.4 Å². The number of thiazole rings is 1. The Balaban J connectivity index is 2.59. The highest BCUT2D eigenvalue weighted by Crippen LogP contribution is 2.30. The quantitative estimate of drug-likeness (QED) is 0.898. The second-order valence-electron chi connectivity index (χ2n) is 3.93. The van der Waals surface area contributed by atoms with Crippen LogP contribution in [0.25, 0.3) is 10.6 Å². The second-order valence-corrected chi connectivity index (χ2v) is 4.93. The van der Waals surface area contributed by atoms with E-state index in [2.05, 4.69) is 4.98 Å². The van der Waals surface area contributed by atoms with Gasteiger partial charge in [0.05, 0.1) is 0 Å². The van der Waals surface area contributed by atoms with Crippen LogP contribution in [0.2, 0.25) is 0 Å². The Morgan fingerprint density at radius 3 is 2.67 bits per heavy atom. The molecule has 0 spiro atoms. The maximum Gasteiger partial charge on any atom is 0.356 e. The molecule has 2 aromatic rings. The maximum atomic E-state index is 11.0.